The summed E-state index contributed by atoms with van der Waals surface area (Å²) >= 11 is 0. The highest BCUT2D eigenvalue weighted by Crippen LogP contribution is 2.23. The molecule has 0 aliphatic carbocycles. The van der Waals surface area contributed by atoms with Crippen molar-refractivity contribution in [1.82, 2.24) is 9.29 Å². The van der Waals surface area contributed by atoms with Gasteiger partial charge in [0, 0.05) is 26.4 Å². The molecule has 1 aliphatic rings. The lowest BCUT2D eigenvalue weighted by molar-refractivity contribution is 0.115. The van der Waals surface area contributed by atoms with E-state index in [1.165, 1.54) is 22.6 Å². The van der Waals surface area contributed by atoms with Gasteiger partial charge < -0.3 is 4.74 Å². The van der Waals surface area contributed by atoms with Crippen molar-refractivity contribution in [3.63, 3.8) is 0 Å². The van der Waals surface area contributed by atoms with Gasteiger partial charge in [-0.1, -0.05) is 0 Å². The van der Waals surface area contributed by atoms with Gasteiger partial charge in [-0.25, -0.2) is 13.4 Å². The molecule has 1 aromatic heterocycles. The van der Waals surface area contributed by atoms with Gasteiger partial charge >= 0.3 is 0 Å². The van der Waals surface area contributed by atoms with Crippen LogP contribution in [0.25, 0.3) is 0 Å². The molecule has 1 unspecified atom stereocenters. The SMILES string of the molecule is COC1CCN(S(=O)(=O)c2cccnc2C#N)C1. The predicted octanol–water partition coefficient (Wildman–Crippen LogP) is 0.363. The van der Waals surface area contributed by atoms with Crippen molar-refractivity contribution in [3.8, 4) is 6.07 Å². The molecule has 0 amide bonds. The molecule has 2 rings (SSSR count). The highest BCUT2D eigenvalue weighted by Gasteiger charge is 2.34. The summed E-state index contributed by atoms with van der Waals surface area (Å²) in [6.45, 7) is 0.721. The highest BCUT2D eigenvalue weighted by atomic mass is 32.2. The van der Waals surface area contributed by atoms with Crippen LogP contribution in [0.5, 0.6) is 0 Å². The lowest BCUT2D eigenvalue weighted by atomic mass is 10.3. The summed E-state index contributed by atoms with van der Waals surface area (Å²) in [5, 5.41) is 8.90. The van der Waals surface area contributed by atoms with E-state index in [1.54, 1.807) is 13.2 Å². The van der Waals surface area contributed by atoms with E-state index in [1.807, 2.05) is 0 Å². The van der Waals surface area contributed by atoms with Gasteiger partial charge in [0.05, 0.1) is 6.10 Å². The molecule has 0 bridgehead atoms. The van der Waals surface area contributed by atoms with E-state index >= 15 is 0 Å². The summed E-state index contributed by atoms with van der Waals surface area (Å²) in [5.41, 5.74) is -0.0710. The summed E-state index contributed by atoms with van der Waals surface area (Å²) in [4.78, 5) is 3.74. The Morgan fingerprint density at radius 3 is 3.00 bits per heavy atom. The van der Waals surface area contributed by atoms with Crippen molar-refractivity contribution in [2.24, 2.45) is 0 Å². The second kappa shape index (κ2) is 5.02. The van der Waals surface area contributed by atoms with Crippen LogP contribution >= 0.6 is 0 Å². The quantitative estimate of drug-likeness (QED) is 0.789. The summed E-state index contributed by atoms with van der Waals surface area (Å²) < 4.78 is 31.2. The van der Waals surface area contributed by atoms with Crippen LogP contribution in [0.1, 0.15) is 12.1 Å². The number of rotatable bonds is 3. The van der Waals surface area contributed by atoms with E-state index in [4.69, 9.17) is 10.00 Å². The Hall–Kier alpha value is -1.49. The fourth-order valence-electron chi connectivity index (χ4n) is 1.93. The van der Waals surface area contributed by atoms with E-state index in [-0.39, 0.29) is 16.7 Å². The lowest BCUT2D eigenvalue weighted by Gasteiger charge is -2.16. The molecule has 0 saturated carbocycles. The van der Waals surface area contributed by atoms with Crippen LogP contribution in [-0.2, 0) is 14.8 Å². The molecule has 18 heavy (non-hydrogen) atoms. The van der Waals surface area contributed by atoms with Crippen LogP contribution in [0, 0.1) is 11.3 Å². The summed E-state index contributed by atoms with van der Waals surface area (Å²) in [6.07, 6.45) is 1.99. The second-order valence-electron chi connectivity index (χ2n) is 3.97. The smallest absolute Gasteiger partial charge is 0.246 e. The molecular formula is C11H13N3O3S. The normalized spacial score (nSPS) is 20.8. The zero-order valence-corrected chi connectivity index (χ0v) is 10.7. The molecule has 6 nitrogen and oxygen atoms in total. The van der Waals surface area contributed by atoms with Crippen LogP contribution in [0.3, 0.4) is 0 Å². The largest absolute Gasteiger partial charge is 0.380 e. The summed E-state index contributed by atoms with van der Waals surface area (Å²) in [7, 11) is -2.10. The summed E-state index contributed by atoms with van der Waals surface area (Å²) in [6, 6.07) is 4.72. The lowest BCUT2D eigenvalue weighted by Crippen LogP contribution is -2.30. The molecular weight excluding hydrogens is 254 g/mol. The van der Waals surface area contributed by atoms with Gasteiger partial charge in [-0.05, 0) is 18.6 Å². The first-order chi connectivity index (χ1) is 8.59. The average Bonchev–Trinajstić information content (AvgIpc) is 2.88. The van der Waals surface area contributed by atoms with Gasteiger partial charge in [0.15, 0.2) is 5.69 Å². The van der Waals surface area contributed by atoms with Gasteiger partial charge in [0.2, 0.25) is 10.0 Å². The molecule has 0 radical (unpaired) electrons. The molecule has 7 heteroatoms. The van der Waals surface area contributed by atoms with Crippen LogP contribution in [0.4, 0.5) is 0 Å². The van der Waals surface area contributed by atoms with Crippen molar-refractivity contribution in [2.75, 3.05) is 20.2 Å². The molecule has 0 spiro atoms. The predicted molar refractivity (Wildman–Crippen MR) is 63.1 cm³/mol. The minimum Gasteiger partial charge on any atom is -0.380 e. The van der Waals surface area contributed by atoms with Crippen LogP contribution in [0.2, 0.25) is 0 Å². The van der Waals surface area contributed by atoms with E-state index in [2.05, 4.69) is 4.98 Å². The fourth-order valence-corrected chi connectivity index (χ4v) is 3.51. The molecule has 0 N–H and O–H groups in total. The Labute approximate surface area is 106 Å². The second-order valence-corrected chi connectivity index (χ2v) is 5.88. The zero-order valence-electron chi connectivity index (χ0n) is 9.91. The number of hydrogen-bond acceptors (Lipinski definition) is 5. The summed E-state index contributed by atoms with van der Waals surface area (Å²) in [5.74, 6) is 0. The van der Waals surface area contributed by atoms with Crippen molar-refractivity contribution in [1.29, 1.82) is 5.26 Å². The number of pyridine rings is 1. The van der Waals surface area contributed by atoms with Gasteiger partial charge in [0.1, 0.15) is 11.0 Å². The first-order valence-electron chi connectivity index (χ1n) is 5.47. The number of aromatic nitrogens is 1. The standard InChI is InChI=1S/C11H13N3O3S/c1-17-9-4-6-14(8-9)18(15,16)11-3-2-5-13-10(11)7-12/h2-3,5,9H,4,6,8H2,1H3. The molecule has 96 valence electrons. The van der Waals surface area contributed by atoms with Crippen molar-refractivity contribution in [3.05, 3.63) is 24.0 Å². The van der Waals surface area contributed by atoms with Crippen molar-refractivity contribution < 1.29 is 13.2 Å². The van der Waals surface area contributed by atoms with Crippen molar-refractivity contribution in [2.45, 2.75) is 17.4 Å². The zero-order chi connectivity index (χ0) is 13.2. The van der Waals surface area contributed by atoms with Gasteiger partial charge in [-0.2, -0.15) is 9.57 Å². The first kappa shape index (κ1) is 13.0. The van der Waals surface area contributed by atoms with E-state index in [9.17, 15) is 8.42 Å². The number of sulfonamides is 1. The highest BCUT2D eigenvalue weighted by molar-refractivity contribution is 7.89. The van der Waals surface area contributed by atoms with Crippen LogP contribution in [-0.4, -0.2) is 44.0 Å². The molecule has 1 saturated heterocycles. The maximum absolute atomic E-state index is 12.4. The number of ether oxygens (including phenoxy) is 1. The molecule has 0 aromatic carbocycles. The number of hydrogen-bond donors (Lipinski definition) is 0. The number of nitrogens with zero attached hydrogens (tertiary/aromatic N) is 3. The first-order valence-corrected chi connectivity index (χ1v) is 6.91. The van der Waals surface area contributed by atoms with E-state index in [0.717, 1.165) is 0 Å². The maximum atomic E-state index is 12.4. The monoisotopic (exact) mass is 267 g/mol. The Morgan fingerprint density at radius 1 is 1.61 bits per heavy atom. The van der Waals surface area contributed by atoms with Crippen molar-refractivity contribution >= 4 is 10.0 Å². The molecule has 1 atom stereocenters. The minimum atomic E-state index is -3.66. The molecule has 2 heterocycles. The van der Waals surface area contributed by atoms with E-state index in [0.29, 0.717) is 19.5 Å². The number of methoxy groups -OCH3 is 1. The third kappa shape index (κ3) is 2.22. The average molecular weight is 267 g/mol. The Balaban J connectivity index is 2.35. The van der Waals surface area contributed by atoms with Crippen LogP contribution in [0.15, 0.2) is 23.2 Å². The molecule has 1 aromatic rings. The number of nitriles is 1. The van der Waals surface area contributed by atoms with Crippen LogP contribution < -0.4 is 0 Å². The third-order valence-electron chi connectivity index (χ3n) is 2.94. The third-order valence-corrected chi connectivity index (χ3v) is 4.83. The fraction of sp³-hybridized carbons (Fsp3) is 0.455. The Kier molecular flexibility index (Phi) is 3.61. The van der Waals surface area contributed by atoms with Gasteiger partial charge in [-0.3, -0.25) is 0 Å². The van der Waals surface area contributed by atoms with E-state index < -0.39 is 10.0 Å². The Morgan fingerprint density at radius 2 is 2.39 bits per heavy atom. The molecule has 1 fully saturated rings. The maximum Gasteiger partial charge on any atom is 0.246 e. The molecule has 1 aliphatic heterocycles. The minimum absolute atomic E-state index is 0.0377. The Bertz CT molecular complexity index is 579. The topological polar surface area (TPSA) is 83.3 Å². The van der Waals surface area contributed by atoms with Gasteiger partial charge in [0.25, 0.3) is 0 Å². The van der Waals surface area contributed by atoms with Gasteiger partial charge in [-0.15, -0.1) is 0 Å².